The maximum absolute atomic E-state index is 13.7. The lowest BCUT2D eigenvalue weighted by molar-refractivity contribution is 0.213. The monoisotopic (exact) mass is 351 g/mol. The van der Waals surface area contributed by atoms with E-state index >= 15 is 0 Å². The van der Waals surface area contributed by atoms with Crippen molar-refractivity contribution >= 4 is 26.0 Å². The van der Waals surface area contributed by atoms with Gasteiger partial charge in [-0.25, -0.2) is 17.5 Å². The molecule has 2 atom stereocenters. The van der Waals surface area contributed by atoms with Crippen LogP contribution in [0.1, 0.15) is 19.3 Å². The zero-order valence-corrected chi connectivity index (χ0v) is 12.5. The van der Waals surface area contributed by atoms with Crippen molar-refractivity contribution < 1.29 is 17.9 Å². The van der Waals surface area contributed by atoms with Crippen LogP contribution in [-0.2, 0) is 10.0 Å². The number of hydrogen-bond donors (Lipinski definition) is 2. The Morgan fingerprint density at radius 2 is 2.16 bits per heavy atom. The fraction of sp³-hybridized carbons (Fsp3) is 0.500. The maximum Gasteiger partial charge on any atom is 0.243 e. The fourth-order valence-corrected chi connectivity index (χ4v) is 4.10. The first-order chi connectivity index (χ1) is 8.94. The maximum atomic E-state index is 13.7. The zero-order valence-electron chi connectivity index (χ0n) is 10.1. The molecule has 0 bridgehead atoms. The lowest BCUT2D eigenvalue weighted by Crippen LogP contribution is -2.38. The van der Waals surface area contributed by atoms with Crippen LogP contribution in [0.15, 0.2) is 27.6 Å². The van der Waals surface area contributed by atoms with Gasteiger partial charge in [0.1, 0.15) is 10.7 Å². The molecule has 0 amide bonds. The van der Waals surface area contributed by atoms with Gasteiger partial charge in [-0.2, -0.15) is 0 Å². The van der Waals surface area contributed by atoms with Gasteiger partial charge in [0.05, 0.1) is 0 Å². The molecule has 1 saturated carbocycles. The first-order valence-electron chi connectivity index (χ1n) is 6.02. The van der Waals surface area contributed by atoms with Gasteiger partial charge in [-0.3, -0.25) is 0 Å². The highest BCUT2D eigenvalue weighted by molar-refractivity contribution is 9.10. The van der Waals surface area contributed by atoms with Gasteiger partial charge in [-0.1, -0.05) is 22.4 Å². The summed E-state index contributed by atoms with van der Waals surface area (Å²) in [6.45, 7) is -0.0595. The van der Waals surface area contributed by atoms with Gasteiger partial charge in [-0.05, 0) is 37.0 Å². The zero-order chi connectivity index (χ0) is 14.0. The highest BCUT2D eigenvalue weighted by atomic mass is 79.9. The van der Waals surface area contributed by atoms with E-state index in [1.165, 1.54) is 12.1 Å². The van der Waals surface area contributed by atoms with Crippen molar-refractivity contribution in [1.82, 2.24) is 4.72 Å². The minimum Gasteiger partial charge on any atom is -0.396 e. The molecule has 1 aromatic rings. The summed E-state index contributed by atoms with van der Waals surface area (Å²) in [7, 11) is -3.89. The third kappa shape index (κ3) is 3.34. The Kier molecular flexibility index (Phi) is 4.60. The van der Waals surface area contributed by atoms with Crippen LogP contribution in [0.25, 0.3) is 0 Å². The van der Waals surface area contributed by atoms with Gasteiger partial charge in [0.15, 0.2) is 0 Å². The molecule has 1 aliphatic carbocycles. The molecule has 0 spiro atoms. The number of hydrogen-bond acceptors (Lipinski definition) is 3. The molecule has 1 aliphatic rings. The lowest BCUT2D eigenvalue weighted by Gasteiger charge is -2.19. The fourth-order valence-electron chi connectivity index (χ4n) is 2.37. The number of aliphatic hydroxyl groups is 1. The number of aliphatic hydroxyl groups excluding tert-OH is 1. The van der Waals surface area contributed by atoms with E-state index in [2.05, 4.69) is 20.7 Å². The normalized spacial score (nSPS) is 23.7. The predicted octanol–water partition coefficient (Wildman–Crippen LogP) is 2.03. The van der Waals surface area contributed by atoms with Crippen molar-refractivity contribution in [2.75, 3.05) is 6.61 Å². The van der Waals surface area contributed by atoms with Crippen LogP contribution < -0.4 is 4.72 Å². The Balaban J connectivity index is 2.23. The Hall–Kier alpha value is -0.500. The number of rotatable bonds is 4. The van der Waals surface area contributed by atoms with E-state index in [1.54, 1.807) is 0 Å². The van der Waals surface area contributed by atoms with E-state index in [9.17, 15) is 17.9 Å². The van der Waals surface area contributed by atoms with Gasteiger partial charge in [0.2, 0.25) is 10.0 Å². The van der Waals surface area contributed by atoms with E-state index in [0.29, 0.717) is 10.9 Å². The smallest absolute Gasteiger partial charge is 0.243 e. The second-order valence-corrected chi connectivity index (χ2v) is 7.27. The molecule has 7 heteroatoms. The largest absolute Gasteiger partial charge is 0.396 e. The molecule has 2 unspecified atom stereocenters. The summed E-state index contributed by atoms with van der Waals surface area (Å²) >= 11 is 3.08. The molecule has 0 radical (unpaired) electrons. The average Bonchev–Trinajstić information content (AvgIpc) is 2.74. The van der Waals surface area contributed by atoms with Crippen molar-refractivity contribution in [3.63, 3.8) is 0 Å². The van der Waals surface area contributed by atoms with Crippen LogP contribution in [-0.4, -0.2) is 26.2 Å². The summed E-state index contributed by atoms with van der Waals surface area (Å²) in [5.41, 5.74) is 0. The molecule has 2 rings (SSSR count). The van der Waals surface area contributed by atoms with E-state index in [1.807, 2.05) is 0 Å². The molecule has 4 nitrogen and oxygen atoms in total. The van der Waals surface area contributed by atoms with E-state index < -0.39 is 15.8 Å². The minimum absolute atomic E-state index is 0.0595. The Bertz CT molecular complexity index is 564. The van der Waals surface area contributed by atoms with Crippen molar-refractivity contribution in [2.45, 2.75) is 30.2 Å². The van der Waals surface area contributed by atoms with Crippen LogP contribution >= 0.6 is 15.9 Å². The Morgan fingerprint density at radius 3 is 2.79 bits per heavy atom. The number of halogens is 2. The van der Waals surface area contributed by atoms with Crippen LogP contribution in [0.3, 0.4) is 0 Å². The molecule has 0 aromatic heterocycles. The first-order valence-corrected chi connectivity index (χ1v) is 8.30. The number of nitrogens with one attached hydrogen (secondary N) is 1. The third-order valence-corrected chi connectivity index (χ3v) is 5.40. The van der Waals surface area contributed by atoms with E-state index in [4.69, 9.17) is 0 Å². The molecule has 0 aliphatic heterocycles. The average molecular weight is 352 g/mol. The minimum atomic E-state index is -3.89. The molecule has 19 heavy (non-hydrogen) atoms. The van der Waals surface area contributed by atoms with Crippen LogP contribution in [0.5, 0.6) is 0 Å². The van der Waals surface area contributed by atoms with Crippen LogP contribution in [0, 0.1) is 11.7 Å². The molecule has 2 N–H and O–H groups in total. The molecule has 0 heterocycles. The molecular formula is C12H15BrFNO3S. The summed E-state index contributed by atoms with van der Waals surface area (Å²) in [4.78, 5) is -0.362. The molecule has 1 aromatic carbocycles. The molecule has 106 valence electrons. The Morgan fingerprint density at radius 1 is 1.42 bits per heavy atom. The van der Waals surface area contributed by atoms with Gasteiger partial charge in [-0.15, -0.1) is 0 Å². The van der Waals surface area contributed by atoms with Crippen LogP contribution in [0.2, 0.25) is 0 Å². The first kappa shape index (κ1) is 14.9. The van der Waals surface area contributed by atoms with Crippen molar-refractivity contribution in [3.8, 4) is 0 Å². The predicted molar refractivity (Wildman–Crippen MR) is 72.6 cm³/mol. The summed E-state index contributed by atoms with van der Waals surface area (Å²) in [6.07, 6.45) is 2.32. The standard InChI is InChI=1S/C12H15BrFNO3S/c13-9-4-5-12(10(14)6-9)19(17,18)15-11-3-1-2-8(11)7-16/h4-6,8,11,15-16H,1-3,7H2. The lowest BCUT2D eigenvalue weighted by atomic mass is 10.1. The number of sulfonamides is 1. The topological polar surface area (TPSA) is 66.4 Å². The van der Waals surface area contributed by atoms with E-state index in [-0.39, 0.29) is 23.5 Å². The summed E-state index contributed by atoms with van der Waals surface area (Å²) in [6, 6.07) is 3.51. The van der Waals surface area contributed by atoms with Crippen molar-refractivity contribution in [3.05, 3.63) is 28.5 Å². The van der Waals surface area contributed by atoms with E-state index in [0.717, 1.165) is 18.9 Å². The summed E-state index contributed by atoms with van der Waals surface area (Å²) < 4.78 is 40.9. The van der Waals surface area contributed by atoms with Gasteiger partial charge in [0, 0.05) is 17.1 Å². The third-order valence-electron chi connectivity index (χ3n) is 3.38. The highest BCUT2D eigenvalue weighted by Crippen LogP contribution is 2.27. The van der Waals surface area contributed by atoms with Crippen LogP contribution in [0.4, 0.5) is 4.39 Å². The van der Waals surface area contributed by atoms with Crippen molar-refractivity contribution in [1.29, 1.82) is 0 Å². The Labute approximate surface area is 120 Å². The SMILES string of the molecule is O=S(=O)(NC1CCCC1CO)c1ccc(Br)cc1F. The molecular weight excluding hydrogens is 337 g/mol. The van der Waals surface area contributed by atoms with Gasteiger partial charge < -0.3 is 5.11 Å². The quantitative estimate of drug-likeness (QED) is 0.872. The molecule has 1 fully saturated rings. The summed E-state index contributed by atoms with van der Waals surface area (Å²) in [5.74, 6) is -0.881. The highest BCUT2D eigenvalue weighted by Gasteiger charge is 2.31. The summed E-state index contributed by atoms with van der Waals surface area (Å²) in [5, 5.41) is 9.18. The van der Waals surface area contributed by atoms with Crippen molar-refractivity contribution in [2.24, 2.45) is 5.92 Å². The second-order valence-electron chi connectivity index (χ2n) is 4.68. The van der Waals surface area contributed by atoms with Gasteiger partial charge >= 0.3 is 0 Å². The second kappa shape index (κ2) is 5.87. The number of benzene rings is 1. The van der Waals surface area contributed by atoms with Gasteiger partial charge in [0.25, 0.3) is 0 Å². The molecule has 0 saturated heterocycles.